The van der Waals surface area contributed by atoms with E-state index in [1.54, 1.807) is 38.2 Å². The van der Waals surface area contributed by atoms with Crippen molar-refractivity contribution in [2.75, 3.05) is 5.32 Å². The molecule has 1 N–H and O–H groups in total. The van der Waals surface area contributed by atoms with Crippen LogP contribution in [0.25, 0.3) is 10.4 Å². The third-order valence-corrected chi connectivity index (χ3v) is 5.20. The summed E-state index contributed by atoms with van der Waals surface area (Å²) in [4.78, 5) is 39.6. The molecule has 28 heavy (non-hydrogen) atoms. The molecule has 7 nitrogen and oxygen atoms in total. The summed E-state index contributed by atoms with van der Waals surface area (Å²) >= 11 is 1.29. The number of benzene rings is 2. The van der Waals surface area contributed by atoms with Gasteiger partial charge in [0.15, 0.2) is 0 Å². The lowest BCUT2D eigenvalue weighted by Crippen LogP contribution is -2.35. The maximum Gasteiger partial charge on any atom is 0.261 e. The third kappa shape index (κ3) is 3.07. The molecule has 8 heteroatoms. The maximum atomic E-state index is 12.6. The molecule has 4 rings (SSSR count). The van der Waals surface area contributed by atoms with Crippen molar-refractivity contribution in [1.82, 2.24) is 14.5 Å². The Morgan fingerprint density at radius 2 is 1.75 bits per heavy atom. The number of amides is 3. The van der Waals surface area contributed by atoms with Crippen molar-refractivity contribution < 1.29 is 14.4 Å². The van der Waals surface area contributed by atoms with Crippen LogP contribution in [0.5, 0.6) is 0 Å². The summed E-state index contributed by atoms with van der Waals surface area (Å²) in [5.41, 5.74) is 2.50. The van der Waals surface area contributed by atoms with E-state index in [1.807, 2.05) is 12.1 Å². The molecule has 1 aromatic heterocycles. The largest absolute Gasteiger partial charge is 0.322 e. The van der Waals surface area contributed by atoms with E-state index in [4.69, 9.17) is 0 Å². The first-order valence-corrected chi connectivity index (χ1v) is 9.44. The van der Waals surface area contributed by atoms with Crippen LogP contribution in [-0.2, 0) is 0 Å². The molecule has 0 radical (unpaired) electrons. The Morgan fingerprint density at radius 1 is 1.04 bits per heavy atom. The normalized spacial score (nSPS) is 13.2. The number of hydrogen-bond donors (Lipinski definition) is 1. The zero-order chi connectivity index (χ0) is 19.8. The molecule has 140 valence electrons. The van der Waals surface area contributed by atoms with Crippen molar-refractivity contribution in [3.63, 3.8) is 0 Å². The first-order chi connectivity index (χ1) is 13.5. The second-order valence-electron chi connectivity index (χ2n) is 6.65. The van der Waals surface area contributed by atoms with Gasteiger partial charge in [-0.15, -0.1) is 5.10 Å². The average Bonchev–Trinajstić information content (AvgIpc) is 3.30. The van der Waals surface area contributed by atoms with Crippen LogP contribution in [0.2, 0.25) is 0 Å². The standard InChI is InChI=1S/C20H16N4O3S/c1-11(2)24-19(26)15-8-5-13(9-16(15)20(24)27)18(25)22-14-6-3-12(4-7-14)17-10-21-23-28-17/h3-11H,1-2H3,(H,22,25). The lowest BCUT2D eigenvalue weighted by molar-refractivity contribution is 0.0609. The molecule has 0 spiro atoms. The van der Waals surface area contributed by atoms with E-state index in [1.165, 1.54) is 28.6 Å². The van der Waals surface area contributed by atoms with Crippen molar-refractivity contribution in [1.29, 1.82) is 0 Å². The molecule has 3 amide bonds. The van der Waals surface area contributed by atoms with Crippen LogP contribution in [-0.4, -0.2) is 38.3 Å². The molecule has 0 unspecified atom stereocenters. The van der Waals surface area contributed by atoms with Gasteiger partial charge in [0.2, 0.25) is 0 Å². The highest BCUT2D eigenvalue weighted by Crippen LogP contribution is 2.27. The molecule has 0 bridgehead atoms. The predicted octanol–water partition coefficient (Wildman–Crippen LogP) is 3.46. The minimum atomic E-state index is -0.368. The van der Waals surface area contributed by atoms with E-state index >= 15 is 0 Å². The van der Waals surface area contributed by atoms with Gasteiger partial charge in [-0.05, 0) is 61.3 Å². The monoisotopic (exact) mass is 392 g/mol. The highest BCUT2D eigenvalue weighted by Gasteiger charge is 2.37. The number of aromatic nitrogens is 2. The van der Waals surface area contributed by atoms with E-state index in [0.29, 0.717) is 16.8 Å². The topological polar surface area (TPSA) is 92.3 Å². The van der Waals surface area contributed by atoms with E-state index in [-0.39, 0.29) is 29.3 Å². The fourth-order valence-corrected chi connectivity index (χ4v) is 3.60. The highest BCUT2D eigenvalue weighted by atomic mass is 32.1. The molecule has 0 saturated heterocycles. The maximum absolute atomic E-state index is 12.6. The molecule has 1 aliphatic heterocycles. The first-order valence-electron chi connectivity index (χ1n) is 8.67. The second-order valence-corrected chi connectivity index (χ2v) is 7.43. The van der Waals surface area contributed by atoms with Crippen LogP contribution in [0.15, 0.2) is 48.7 Å². The summed E-state index contributed by atoms with van der Waals surface area (Å²) in [6.45, 7) is 3.56. The van der Waals surface area contributed by atoms with Crippen LogP contribution in [0, 0.1) is 0 Å². The fraction of sp³-hybridized carbons (Fsp3) is 0.150. The van der Waals surface area contributed by atoms with Gasteiger partial charge in [-0.1, -0.05) is 16.6 Å². The number of hydrogen-bond acceptors (Lipinski definition) is 6. The van der Waals surface area contributed by atoms with E-state index in [2.05, 4.69) is 14.9 Å². The van der Waals surface area contributed by atoms with Gasteiger partial charge < -0.3 is 5.32 Å². The molecular formula is C20H16N4O3S. The van der Waals surface area contributed by atoms with Crippen LogP contribution in [0.1, 0.15) is 44.9 Å². The van der Waals surface area contributed by atoms with Crippen LogP contribution in [0.3, 0.4) is 0 Å². The zero-order valence-electron chi connectivity index (χ0n) is 15.2. The Hall–Kier alpha value is -3.39. The molecule has 0 atom stereocenters. The van der Waals surface area contributed by atoms with Gasteiger partial charge in [-0.25, -0.2) is 0 Å². The minimum Gasteiger partial charge on any atom is -0.322 e. The number of nitrogens with one attached hydrogen (secondary N) is 1. The molecule has 2 heterocycles. The van der Waals surface area contributed by atoms with Crippen molar-refractivity contribution in [3.05, 3.63) is 65.4 Å². The number of nitrogens with zero attached hydrogens (tertiary/aromatic N) is 3. The summed E-state index contributed by atoms with van der Waals surface area (Å²) in [7, 11) is 0. The minimum absolute atomic E-state index is 0.239. The van der Waals surface area contributed by atoms with E-state index in [0.717, 1.165) is 10.4 Å². The molecule has 0 fully saturated rings. The lowest BCUT2D eigenvalue weighted by atomic mass is 10.1. The van der Waals surface area contributed by atoms with Crippen molar-refractivity contribution >= 4 is 34.9 Å². The fourth-order valence-electron chi connectivity index (χ4n) is 3.09. The summed E-state index contributed by atoms with van der Waals surface area (Å²) in [5, 5.41) is 6.61. The Morgan fingerprint density at radius 3 is 2.39 bits per heavy atom. The Bertz CT molecular complexity index is 1080. The van der Waals surface area contributed by atoms with Gasteiger partial charge in [0.25, 0.3) is 17.7 Å². The number of anilines is 1. The predicted molar refractivity (Wildman–Crippen MR) is 105 cm³/mol. The van der Waals surface area contributed by atoms with Crippen LogP contribution < -0.4 is 5.32 Å². The number of rotatable bonds is 4. The summed E-state index contributed by atoms with van der Waals surface area (Å²) < 4.78 is 3.83. The molecule has 0 saturated carbocycles. The van der Waals surface area contributed by atoms with Gasteiger partial charge in [0.05, 0.1) is 22.2 Å². The third-order valence-electron chi connectivity index (χ3n) is 4.49. The molecule has 1 aliphatic rings. The molecule has 0 aliphatic carbocycles. The van der Waals surface area contributed by atoms with Crippen LogP contribution in [0.4, 0.5) is 5.69 Å². The molecule has 3 aromatic rings. The molecular weight excluding hydrogens is 376 g/mol. The van der Waals surface area contributed by atoms with Gasteiger partial charge >= 0.3 is 0 Å². The number of carbonyl (C=O) groups is 3. The van der Waals surface area contributed by atoms with E-state index < -0.39 is 0 Å². The highest BCUT2D eigenvalue weighted by molar-refractivity contribution is 7.09. The smallest absolute Gasteiger partial charge is 0.261 e. The van der Waals surface area contributed by atoms with Gasteiger partial charge in [-0.2, -0.15) is 0 Å². The van der Waals surface area contributed by atoms with Crippen molar-refractivity contribution in [2.45, 2.75) is 19.9 Å². The number of fused-ring (bicyclic) bond motifs is 1. The first kappa shape index (κ1) is 18.0. The van der Waals surface area contributed by atoms with Gasteiger partial charge in [0, 0.05) is 17.3 Å². The summed E-state index contributed by atoms with van der Waals surface area (Å²) in [5.74, 6) is -1.04. The average molecular weight is 392 g/mol. The Balaban J connectivity index is 1.54. The molecule has 2 aromatic carbocycles. The Labute approximate surface area is 165 Å². The van der Waals surface area contributed by atoms with Crippen molar-refractivity contribution in [3.8, 4) is 10.4 Å². The van der Waals surface area contributed by atoms with Crippen molar-refractivity contribution in [2.24, 2.45) is 0 Å². The van der Waals surface area contributed by atoms with E-state index in [9.17, 15) is 14.4 Å². The zero-order valence-corrected chi connectivity index (χ0v) is 16.0. The number of imide groups is 1. The SMILES string of the molecule is CC(C)N1C(=O)c2ccc(C(=O)Nc3ccc(-c4cnns4)cc3)cc2C1=O. The van der Waals surface area contributed by atoms with Crippen LogP contribution >= 0.6 is 11.5 Å². The summed E-state index contributed by atoms with van der Waals surface area (Å²) in [6, 6.07) is 11.6. The number of carbonyl (C=O) groups excluding carboxylic acids is 3. The van der Waals surface area contributed by atoms with Gasteiger partial charge in [0.1, 0.15) is 0 Å². The Kier molecular flexibility index (Phi) is 4.48. The summed E-state index contributed by atoms with van der Waals surface area (Å²) in [6.07, 6.45) is 1.68. The second kappa shape index (κ2) is 6.97. The quantitative estimate of drug-likeness (QED) is 0.687. The van der Waals surface area contributed by atoms with Gasteiger partial charge in [-0.3, -0.25) is 19.3 Å². The lowest BCUT2D eigenvalue weighted by Gasteiger charge is -2.17.